The van der Waals surface area contributed by atoms with Gasteiger partial charge in [0, 0.05) is 5.56 Å². The number of methoxy groups -OCH3 is 1. The highest BCUT2D eigenvalue weighted by Crippen LogP contribution is 2.07. The van der Waals surface area contributed by atoms with Crippen molar-refractivity contribution in [2.75, 3.05) is 7.11 Å². The van der Waals surface area contributed by atoms with Gasteiger partial charge in [-0.15, -0.1) is 0 Å². The molecule has 3 heteroatoms. The first-order valence-corrected chi connectivity index (χ1v) is 3.78. The van der Waals surface area contributed by atoms with Gasteiger partial charge in [-0.25, -0.2) is 11.4 Å². The molecule has 0 spiro atoms. The molecule has 0 fully saturated rings. The zero-order valence-corrected chi connectivity index (χ0v) is 7.28. The van der Waals surface area contributed by atoms with Crippen LogP contribution in [0.15, 0.2) is 24.3 Å². The monoisotopic (exact) mass is 175 g/mol. The average Bonchev–Trinajstić information content (AvgIpc) is 2.18. The molecule has 3 nitrogen and oxygen atoms in total. The van der Waals surface area contributed by atoms with Gasteiger partial charge in [0.1, 0.15) is 0 Å². The Balaban J connectivity index is 2.93. The molecule has 0 radical (unpaired) electrons. The molecule has 0 saturated heterocycles. The summed E-state index contributed by atoms with van der Waals surface area (Å²) in [4.78, 5) is 14.3. The summed E-state index contributed by atoms with van der Waals surface area (Å²) in [6.07, 6.45) is 0. The first-order valence-electron chi connectivity index (χ1n) is 3.78. The molecular formula is C10H9NO2. The second kappa shape index (κ2) is 4.27. The van der Waals surface area contributed by atoms with Gasteiger partial charge in [0.25, 0.3) is 0 Å². The van der Waals surface area contributed by atoms with Crippen LogP contribution in [0.5, 0.6) is 0 Å². The van der Waals surface area contributed by atoms with E-state index in [1.807, 2.05) is 6.07 Å². The normalized spacial score (nSPS) is 8.92. The average molecular weight is 175 g/mol. The van der Waals surface area contributed by atoms with E-state index in [2.05, 4.69) is 9.58 Å². The van der Waals surface area contributed by atoms with E-state index < -0.39 is 0 Å². The van der Waals surface area contributed by atoms with Gasteiger partial charge in [0.2, 0.25) is 6.54 Å². The number of hydrogen-bond acceptors (Lipinski definition) is 2. The fraction of sp³-hybridized carbons (Fsp3) is 0.200. The quantitative estimate of drug-likeness (QED) is 0.507. The zero-order valence-electron chi connectivity index (χ0n) is 7.28. The van der Waals surface area contributed by atoms with E-state index in [9.17, 15) is 4.79 Å². The highest BCUT2D eigenvalue weighted by Gasteiger charge is 2.05. The molecule has 0 atom stereocenters. The maximum Gasteiger partial charge on any atom is 0.337 e. The maximum atomic E-state index is 11.1. The number of esters is 1. The fourth-order valence-corrected chi connectivity index (χ4v) is 1.01. The molecule has 0 aliphatic carbocycles. The van der Waals surface area contributed by atoms with E-state index in [0.29, 0.717) is 12.1 Å². The van der Waals surface area contributed by atoms with E-state index in [0.717, 1.165) is 5.56 Å². The van der Waals surface area contributed by atoms with Crippen molar-refractivity contribution in [2.24, 2.45) is 0 Å². The van der Waals surface area contributed by atoms with Crippen molar-refractivity contribution in [2.45, 2.75) is 6.54 Å². The Kier molecular flexibility index (Phi) is 3.04. The molecule has 1 rings (SSSR count). The second-order valence-corrected chi connectivity index (χ2v) is 2.51. The predicted octanol–water partition coefficient (Wildman–Crippen LogP) is 1.89. The summed E-state index contributed by atoms with van der Waals surface area (Å²) in [6, 6.07) is 6.89. The van der Waals surface area contributed by atoms with E-state index >= 15 is 0 Å². The van der Waals surface area contributed by atoms with Gasteiger partial charge >= 0.3 is 5.97 Å². The number of rotatable bonds is 2. The van der Waals surface area contributed by atoms with Crippen molar-refractivity contribution in [3.8, 4) is 0 Å². The number of benzene rings is 1. The van der Waals surface area contributed by atoms with Crippen molar-refractivity contribution in [1.82, 2.24) is 0 Å². The molecule has 0 amide bonds. The van der Waals surface area contributed by atoms with Crippen molar-refractivity contribution in [3.63, 3.8) is 0 Å². The zero-order chi connectivity index (χ0) is 9.68. The van der Waals surface area contributed by atoms with Crippen LogP contribution in [0.2, 0.25) is 0 Å². The van der Waals surface area contributed by atoms with E-state index in [1.54, 1.807) is 18.2 Å². The smallest absolute Gasteiger partial charge is 0.337 e. The number of ether oxygens (including phenoxy) is 1. The summed E-state index contributed by atoms with van der Waals surface area (Å²) in [6.45, 7) is 6.97. The van der Waals surface area contributed by atoms with Crippen LogP contribution in [0.4, 0.5) is 0 Å². The molecule has 13 heavy (non-hydrogen) atoms. The van der Waals surface area contributed by atoms with Gasteiger partial charge < -0.3 is 9.58 Å². The van der Waals surface area contributed by atoms with Crippen LogP contribution in [-0.4, -0.2) is 13.1 Å². The van der Waals surface area contributed by atoms with Crippen molar-refractivity contribution < 1.29 is 9.53 Å². The van der Waals surface area contributed by atoms with Gasteiger partial charge in [-0.05, 0) is 12.1 Å². The molecule has 1 aromatic rings. The summed E-state index contributed by atoms with van der Waals surface area (Å²) in [7, 11) is 1.34. The van der Waals surface area contributed by atoms with Gasteiger partial charge in [-0.3, -0.25) is 0 Å². The van der Waals surface area contributed by atoms with Crippen LogP contribution < -0.4 is 0 Å². The molecule has 0 heterocycles. The maximum absolute atomic E-state index is 11.1. The van der Waals surface area contributed by atoms with Crippen molar-refractivity contribution in [1.29, 1.82) is 0 Å². The number of carbonyl (C=O) groups is 1. The minimum absolute atomic E-state index is 0.296. The van der Waals surface area contributed by atoms with Crippen LogP contribution in [-0.2, 0) is 11.3 Å². The predicted molar refractivity (Wildman–Crippen MR) is 48.1 cm³/mol. The van der Waals surface area contributed by atoms with Crippen molar-refractivity contribution >= 4 is 5.97 Å². The summed E-state index contributed by atoms with van der Waals surface area (Å²) >= 11 is 0. The Morgan fingerprint density at radius 1 is 1.62 bits per heavy atom. The molecular weight excluding hydrogens is 166 g/mol. The first kappa shape index (κ1) is 9.27. The van der Waals surface area contributed by atoms with Crippen molar-refractivity contribution in [3.05, 3.63) is 46.8 Å². The molecule has 0 bridgehead atoms. The first-order chi connectivity index (χ1) is 6.27. The highest BCUT2D eigenvalue weighted by atomic mass is 16.5. The Hall–Kier alpha value is -1.82. The lowest BCUT2D eigenvalue weighted by atomic mass is 10.1. The van der Waals surface area contributed by atoms with Crippen LogP contribution >= 0.6 is 0 Å². The molecule has 1 aromatic carbocycles. The van der Waals surface area contributed by atoms with Gasteiger partial charge in [-0.1, -0.05) is 12.1 Å². The van der Waals surface area contributed by atoms with Crippen LogP contribution in [0, 0.1) is 6.57 Å². The minimum Gasteiger partial charge on any atom is -0.465 e. The Labute approximate surface area is 76.8 Å². The lowest BCUT2D eigenvalue weighted by molar-refractivity contribution is 0.0600. The van der Waals surface area contributed by atoms with Crippen LogP contribution in [0.25, 0.3) is 4.85 Å². The topological polar surface area (TPSA) is 30.7 Å². The Morgan fingerprint density at radius 3 is 3.00 bits per heavy atom. The SMILES string of the molecule is [C-]#[N+]Cc1cccc(C(=O)OC)c1. The highest BCUT2D eigenvalue weighted by molar-refractivity contribution is 5.89. The van der Waals surface area contributed by atoms with Gasteiger partial charge in [0.15, 0.2) is 0 Å². The second-order valence-electron chi connectivity index (χ2n) is 2.51. The third kappa shape index (κ3) is 2.31. The summed E-state index contributed by atoms with van der Waals surface area (Å²) < 4.78 is 4.55. The number of carbonyl (C=O) groups excluding carboxylic acids is 1. The molecule has 0 aliphatic heterocycles. The lowest BCUT2D eigenvalue weighted by Crippen LogP contribution is -2.01. The standard InChI is InChI=1S/C10H9NO2/c1-11-7-8-4-3-5-9(6-8)10(12)13-2/h3-6H,7H2,2H3. The molecule has 0 aromatic heterocycles. The number of hydrogen-bond donors (Lipinski definition) is 0. The van der Waals surface area contributed by atoms with E-state index in [4.69, 9.17) is 6.57 Å². The molecule has 0 unspecified atom stereocenters. The molecule has 66 valence electrons. The fourth-order valence-electron chi connectivity index (χ4n) is 1.01. The largest absolute Gasteiger partial charge is 0.465 e. The van der Waals surface area contributed by atoms with E-state index in [1.165, 1.54) is 7.11 Å². The van der Waals surface area contributed by atoms with Crippen LogP contribution in [0.1, 0.15) is 15.9 Å². The molecule has 0 N–H and O–H groups in total. The summed E-state index contributed by atoms with van der Waals surface area (Å²) in [5.41, 5.74) is 1.32. The summed E-state index contributed by atoms with van der Waals surface area (Å²) in [5, 5.41) is 0. The summed E-state index contributed by atoms with van der Waals surface area (Å²) in [5.74, 6) is -0.369. The third-order valence-electron chi connectivity index (χ3n) is 1.61. The molecule has 0 aliphatic rings. The Bertz CT molecular complexity index is 352. The van der Waals surface area contributed by atoms with Crippen LogP contribution in [0.3, 0.4) is 0 Å². The van der Waals surface area contributed by atoms with Gasteiger partial charge in [-0.2, -0.15) is 0 Å². The third-order valence-corrected chi connectivity index (χ3v) is 1.61. The van der Waals surface area contributed by atoms with Gasteiger partial charge in [0.05, 0.1) is 12.7 Å². The molecule has 0 saturated carbocycles. The minimum atomic E-state index is -0.369. The lowest BCUT2D eigenvalue weighted by Gasteiger charge is -1.98. The number of nitrogens with zero attached hydrogens (tertiary/aromatic N) is 1. The van der Waals surface area contributed by atoms with E-state index in [-0.39, 0.29) is 5.97 Å². The Morgan fingerprint density at radius 2 is 2.38 bits per heavy atom.